The van der Waals surface area contributed by atoms with E-state index in [-0.39, 0.29) is 22.1 Å². The van der Waals surface area contributed by atoms with Gasteiger partial charge in [0, 0.05) is 0 Å². The van der Waals surface area contributed by atoms with E-state index >= 15 is 0 Å². The van der Waals surface area contributed by atoms with Gasteiger partial charge in [0.25, 0.3) is 5.91 Å². The molecule has 10 heteroatoms. The average Bonchev–Trinajstić information content (AvgIpc) is 3.10. The molecule has 0 atom stereocenters. The Balaban J connectivity index is 2.10. The SMILES string of the molecule is CC1=NN(c2c(F)c(F)c(F)c(F)c2F)C(=O)/C1=C/c1ccc(Br)o1. The summed E-state index contributed by atoms with van der Waals surface area (Å²) in [7, 11) is 0. The molecule has 1 amide bonds. The molecular formula is C15H6BrF5N2O2. The third kappa shape index (κ3) is 2.76. The summed E-state index contributed by atoms with van der Waals surface area (Å²) in [6.07, 6.45) is 1.23. The predicted octanol–water partition coefficient (Wildman–Crippen LogP) is 4.54. The Hall–Kier alpha value is -2.49. The van der Waals surface area contributed by atoms with Crippen LogP contribution in [0.2, 0.25) is 0 Å². The minimum absolute atomic E-state index is 0.0152. The molecule has 0 radical (unpaired) electrons. The summed E-state index contributed by atoms with van der Waals surface area (Å²) in [5.41, 5.74) is -1.54. The number of carbonyl (C=O) groups is 1. The number of anilines is 1. The lowest BCUT2D eigenvalue weighted by atomic mass is 10.1. The van der Waals surface area contributed by atoms with Gasteiger partial charge in [0.15, 0.2) is 27.9 Å². The average molecular weight is 421 g/mol. The number of hydrogen-bond donors (Lipinski definition) is 0. The van der Waals surface area contributed by atoms with Crippen LogP contribution in [0.4, 0.5) is 27.6 Å². The van der Waals surface area contributed by atoms with E-state index < -0.39 is 40.7 Å². The Kier molecular flexibility index (Phi) is 4.23. The summed E-state index contributed by atoms with van der Waals surface area (Å²) in [4.78, 5) is 12.4. The van der Waals surface area contributed by atoms with Crippen molar-refractivity contribution in [3.8, 4) is 0 Å². The molecule has 0 N–H and O–H groups in total. The fourth-order valence-electron chi connectivity index (χ4n) is 2.16. The highest BCUT2D eigenvalue weighted by Gasteiger charge is 2.37. The first-order chi connectivity index (χ1) is 11.7. The number of hydrazone groups is 1. The lowest BCUT2D eigenvalue weighted by molar-refractivity contribution is -0.114. The molecule has 0 aliphatic carbocycles. The van der Waals surface area contributed by atoms with Crippen LogP contribution in [0.25, 0.3) is 6.08 Å². The quantitative estimate of drug-likeness (QED) is 0.309. The maximum atomic E-state index is 13.9. The van der Waals surface area contributed by atoms with Gasteiger partial charge in [-0.05, 0) is 41.1 Å². The van der Waals surface area contributed by atoms with Gasteiger partial charge in [-0.1, -0.05) is 0 Å². The van der Waals surface area contributed by atoms with Crippen molar-refractivity contribution in [1.29, 1.82) is 0 Å². The first-order valence-corrected chi connectivity index (χ1v) is 7.40. The predicted molar refractivity (Wildman–Crippen MR) is 81.2 cm³/mol. The molecule has 0 fully saturated rings. The molecule has 4 nitrogen and oxygen atoms in total. The zero-order valence-electron chi connectivity index (χ0n) is 12.2. The van der Waals surface area contributed by atoms with Gasteiger partial charge in [0.1, 0.15) is 11.4 Å². The molecule has 25 heavy (non-hydrogen) atoms. The lowest BCUT2D eigenvalue weighted by Gasteiger charge is -2.14. The van der Waals surface area contributed by atoms with E-state index in [0.29, 0.717) is 4.67 Å². The molecule has 0 saturated carbocycles. The number of amides is 1. The Morgan fingerprint density at radius 1 is 1.04 bits per heavy atom. The molecule has 1 aliphatic heterocycles. The standard InChI is InChI=1S/C15H6BrF5N2O2/c1-5-7(4-6-2-3-8(16)25-6)15(24)23(22-5)14-12(20)10(18)9(17)11(19)13(14)21/h2-4H,1H3/b7-4+. The van der Waals surface area contributed by atoms with Crippen molar-refractivity contribution in [2.75, 3.05) is 5.01 Å². The number of rotatable bonds is 2. The van der Waals surface area contributed by atoms with Crippen LogP contribution < -0.4 is 5.01 Å². The van der Waals surface area contributed by atoms with Gasteiger partial charge in [-0.25, -0.2) is 22.0 Å². The van der Waals surface area contributed by atoms with Gasteiger partial charge < -0.3 is 4.42 Å². The smallest absolute Gasteiger partial charge is 0.280 e. The maximum absolute atomic E-state index is 13.9. The van der Waals surface area contributed by atoms with E-state index in [1.807, 2.05) is 0 Å². The molecule has 1 aliphatic rings. The van der Waals surface area contributed by atoms with Crippen LogP contribution in [0.1, 0.15) is 12.7 Å². The fourth-order valence-corrected chi connectivity index (χ4v) is 2.48. The zero-order valence-corrected chi connectivity index (χ0v) is 13.8. The van der Waals surface area contributed by atoms with Gasteiger partial charge in [-0.2, -0.15) is 10.1 Å². The van der Waals surface area contributed by atoms with Crippen molar-refractivity contribution in [2.24, 2.45) is 5.10 Å². The fraction of sp³-hybridized carbons (Fsp3) is 0.0667. The highest BCUT2D eigenvalue weighted by atomic mass is 79.9. The summed E-state index contributed by atoms with van der Waals surface area (Å²) in [6.45, 7) is 1.34. The van der Waals surface area contributed by atoms with Crippen LogP contribution in [-0.4, -0.2) is 11.6 Å². The van der Waals surface area contributed by atoms with Gasteiger partial charge in [0.2, 0.25) is 5.82 Å². The minimum atomic E-state index is -2.32. The number of furan rings is 1. The van der Waals surface area contributed by atoms with E-state index in [9.17, 15) is 26.7 Å². The van der Waals surface area contributed by atoms with Crippen molar-refractivity contribution in [3.63, 3.8) is 0 Å². The van der Waals surface area contributed by atoms with Crippen molar-refractivity contribution >= 4 is 39.3 Å². The molecular weight excluding hydrogens is 415 g/mol. The second-order valence-electron chi connectivity index (χ2n) is 4.92. The number of benzene rings is 1. The van der Waals surface area contributed by atoms with Gasteiger partial charge in [0.05, 0.1) is 11.3 Å². The normalized spacial score (nSPS) is 16.1. The Labute approximate surface area is 145 Å². The molecule has 0 bridgehead atoms. The Bertz CT molecular complexity index is 938. The highest BCUT2D eigenvalue weighted by molar-refractivity contribution is 9.10. The lowest BCUT2D eigenvalue weighted by Crippen LogP contribution is -2.25. The summed E-state index contributed by atoms with van der Waals surface area (Å²) in [5, 5.41) is 3.74. The van der Waals surface area contributed by atoms with Crippen LogP contribution in [-0.2, 0) is 4.79 Å². The van der Waals surface area contributed by atoms with Gasteiger partial charge >= 0.3 is 0 Å². The van der Waals surface area contributed by atoms with E-state index in [1.165, 1.54) is 19.1 Å². The van der Waals surface area contributed by atoms with Crippen molar-refractivity contribution in [3.05, 3.63) is 57.2 Å². The number of carbonyl (C=O) groups excluding carboxylic acids is 1. The zero-order chi connectivity index (χ0) is 18.5. The molecule has 2 aromatic rings. The van der Waals surface area contributed by atoms with Crippen molar-refractivity contribution < 1.29 is 31.2 Å². The molecule has 2 heterocycles. The molecule has 1 aromatic carbocycles. The second-order valence-corrected chi connectivity index (χ2v) is 5.70. The highest BCUT2D eigenvalue weighted by Crippen LogP contribution is 2.34. The molecule has 3 rings (SSSR count). The Morgan fingerprint density at radius 3 is 2.12 bits per heavy atom. The molecule has 0 spiro atoms. The third-order valence-corrected chi connectivity index (χ3v) is 3.77. The van der Waals surface area contributed by atoms with Crippen LogP contribution >= 0.6 is 15.9 Å². The van der Waals surface area contributed by atoms with Gasteiger partial charge in [-0.3, -0.25) is 4.79 Å². The van der Waals surface area contributed by atoms with Gasteiger partial charge in [-0.15, -0.1) is 0 Å². The van der Waals surface area contributed by atoms with Crippen LogP contribution in [0.15, 0.2) is 31.9 Å². The maximum Gasteiger partial charge on any atom is 0.280 e. The van der Waals surface area contributed by atoms with Crippen LogP contribution in [0.5, 0.6) is 0 Å². The first-order valence-electron chi connectivity index (χ1n) is 6.61. The number of halogens is 6. The van der Waals surface area contributed by atoms with Crippen molar-refractivity contribution in [2.45, 2.75) is 6.92 Å². The van der Waals surface area contributed by atoms with Crippen molar-refractivity contribution in [1.82, 2.24) is 0 Å². The largest absolute Gasteiger partial charge is 0.450 e. The topological polar surface area (TPSA) is 45.8 Å². The third-order valence-electron chi connectivity index (χ3n) is 3.34. The first kappa shape index (κ1) is 17.3. The minimum Gasteiger partial charge on any atom is -0.450 e. The molecule has 0 unspecified atom stereocenters. The molecule has 130 valence electrons. The number of nitrogens with zero attached hydrogens (tertiary/aromatic N) is 2. The Morgan fingerprint density at radius 2 is 1.60 bits per heavy atom. The second kappa shape index (κ2) is 6.10. The van der Waals surface area contributed by atoms with E-state index in [2.05, 4.69) is 21.0 Å². The number of hydrogen-bond acceptors (Lipinski definition) is 3. The molecule has 0 saturated heterocycles. The van der Waals surface area contributed by atoms with E-state index in [0.717, 1.165) is 0 Å². The van der Waals surface area contributed by atoms with E-state index in [1.54, 1.807) is 6.07 Å². The summed E-state index contributed by atoms with van der Waals surface area (Å²) in [6, 6.07) is 3.04. The van der Waals surface area contributed by atoms with Crippen LogP contribution in [0, 0.1) is 29.1 Å². The van der Waals surface area contributed by atoms with Crippen LogP contribution in [0.3, 0.4) is 0 Å². The molecule has 1 aromatic heterocycles. The van der Waals surface area contributed by atoms with E-state index in [4.69, 9.17) is 4.42 Å². The monoisotopic (exact) mass is 420 g/mol. The summed E-state index contributed by atoms with van der Waals surface area (Å²) >= 11 is 3.06. The summed E-state index contributed by atoms with van der Waals surface area (Å²) < 4.78 is 73.1. The summed E-state index contributed by atoms with van der Waals surface area (Å²) in [5.74, 6) is -11.8.